The molecule has 2 rings (SSSR count). The number of rotatable bonds is 7. The summed E-state index contributed by atoms with van der Waals surface area (Å²) >= 11 is 0. The molecule has 0 unspecified atom stereocenters. The lowest BCUT2D eigenvalue weighted by molar-refractivity contribution is 0.124. The number of fused-ring (bicyclic) bond motifs is 1. The van der Waals surface area contributed by atoms with Gasteiger partial charge in [0.25, 0.3) is 0 Å². The van der Waals surface area contributed by atoms with Gasteiger partial charge in [-0.05, 0) is 35.6 Å². The molecule has 3 nitrogen and oxygen atoms in total. The molecule has 0 radical (unpaired) electrons. The van der Waals surface area contributed by atoms with Crippen molar-refractivity contribution in [2.75, 3.05) is 13.2 Å². The third-order valence-corrected chi connectivity index (χ3v) is 3.19. The Bertz CT molecular complexity index is 490. The van der Waals surface area contributed by atoms with Gasteiger partial charge in [-0.15, -0.1) is 0 Å². The van der Waals surface area contributed by atoms with Gasteiger partial charge in [-0.1, -0.05) is 19.4 Å². The molecule has 0 aliphatic rings. The van der Waals surface area contributed by atoms with Crippen LogP contribution in [0.2, 0.25) is 0 Å². The molecule has 1 aromatic heterocycles. The Hall–Kier alpha value is -1.32. The van der Waals surface area contributed by atoms with Crippen LogP contribution in [0.5, 0.6) is 0 Å². The normalized spacial score (nSPS) is 11.2. The van der Waals surface area contributed by atoms with E-state index in [0.717, 1.165) is 26.2 Å². The molecular formula is C15H22N2O. The first-order chi connectivity index (χ1) is 8.85. The molecule has 18 heavy (non-hydrogen) atoms. The summed E-state index contributed by atoms with van der Waals surface area (Å²) in [6.45, 7) is 5.34. The second kappa shape index (κ2) is 6.57. The van der Waals surface area contributed by atoms with Crippen molar-refractivity contribution in [1.29, 1.82) is 0 Å². The van der Waals surface area contributed by atoms with Crippen LogP contribution in [-0.2, 0) is 17.8 Å². The molecule has 1 heterocycles. The zero-order valence-corrected chi connectivity index (χ0v) is 11.1. The van der Waals surface area contributed by atoms with Crippen molar-refractivity contribution in [3.8, 4) is 0 Å². The van der Waals surface area contributed by atoms with Crippen LogP contribution in [0.1, 0.15) is 25.3 Å². The third-order valence-electron chi connectivity index (χ3n) is 3.19. The van der Waals surface area contributed by atoms with E-state index in [0.29, 0.717) is 6.54 Å². The topological polar surface area (TPSA) is 40.2 Å². The van der Waals surface area contributed by atoms with Gasteiger partial charge in [0.05, 0.1) is 6.61 Å². The quantitative estimate of drug-likeness (QED) is 0.763. The number of nitrogens with zero attached hydrogens (tertiary/aromatic N) is 1. The van der Waals surface area contributed by atoms with Crippen molar-refractivity contribution in [1.82, 2.24) is 4.57 Å². The molecule has 0 bridgehead atoms. The smallest absolute Gasteiger partial charge is 0.0645 e. The third kappa shape index (κ3) is 3.12. The summed E-state index contributed by atoms with van der Waals surface area (Å²) in [5, 5.41) is 1.26. The van der Waals surface area contributed by atoms with Gasteiger partial charge in [0.15, 0.2) is 0 Å². The van der Waals surface area contributed by atoms with Gasteiger partial charge >= 0.3 is 0 Å². The van der Waals surface area contributed by atoms with Crippen molar-refractivity contribution in [2.24, 2.45) is 5.73 Å². The fourth-order valence-electron chi connectivity index (χ4n) is 2.08. The molecule has 0 saturated heterocycles. The Labute approximate surface area is 109 Å². The number of nitrogens with two attached hydrogens (primary N) is 1. The lowest BCUT2D eigenvalue weighted by Gasteiger charge is -2.07. The van der Waals surface area contributed by atoms with Crippen LogP contribution in [0.15, 0.2) is 30.5 Å². The maximum atomic E-state index is 5.65. The van der Waals surface area contributed by atoms with Gasteiger partial charge in [-0.3, -0.25) is 0 Å². The summed E-state index contributed by atoms with van der Waals surface area (Å²) < 4.78 is 7.84. The van der Waals surface area contributed by atoms with E-state index in [1.807, 2.05) is 0 Å². The van der Waals surface area contributed by atoms with E-state index in [1.54, 1.807) is 0 Å². The lowest BCUT2D eigenvalue weighted by Crippen LogP contribution is -2.05. The largest absolute Gasteiger partial charge is 0.380 e. The van der Waals surface area contributed by atoms with Crippen molar-refractivity contribution in [3.05, 3.63) is 36.0 Å². The van der Waals surface area contributed by atoms with Gasteiger partial charge in [-0.25, -0.2) is 0 Å². The SMILES string of the molecule is CCCCOCCn1ccc2cc(CN)ccc21. The highest BCUT2D eigenvalue weighted by molar-refractivity contribution is 5.80. The molecule has 0 atom stereocenters. The Morgan fingerprint density at radius 1 is 1.22 bits per heavy atom. The Morgan fingerprint density at radius 2 is 2.11 bits per heavy atom. The summed E-state index contributed by atoms with van der Waals surface area (Å²) in [5.41, 5.74) is 8.08. The highest BCUT2D eigenvalue weighted by Gasteiger charge is 2.01. The standard InChI is InChI=1S/C15H22N2O/c1-2-3-9-18-10-8-17-7-6-14-11-13(12-16)4-5-15(14)17/h4-7,11H,2-3,8-10,12,16H2,1H3. The Morgan fingerprint density at radius 3 is 2.89 bits per heavy atom. The highest BCUT2D eigenvalue weighted by atomic mass is 16.5. The average molecular weight is 246 g/mol. The van der Waals surface area contributed by atoms with Crippen LogP contribution in [0, 0.1) is 0 Å². The molecule has 2 N–H and O–H groups in total. The average Bonchev–Trinajstić information content (AvgIpc) is 2.81. The molecule has 3 heteroatoms. The summed E-state index contributed by atoms with van der Waals surface area (Å²) in [7, 11) is 0. The molecule has 0 amide bonds. The van der Waals surface area contributed by atoms with Gasteiger partial charge in [0, 0.05) is 31.4 Å². The number of hydrogen-bond acceptors (Lipinski definition) is 2. The van der Waals surface area contributed by atoms with Crippen LogP contribution in [0.25, 0.3) is 10.9 Å². The number of aromatic nitrogens is 1. The number of hydrogen-bond donors (Lipinski definition) is 1. The monoisotopic (exact) mass is 246 g/mol. The summed E-state index contributed by atoms with van der Waals surface area (Å²) in [6, 6.07) is 8.53. The fourth-order valence-corrected chi connectivity index (χ4v) is 2.08. The molecule has 2 aromatic rings. The predicted molar refractivity (Wildman–Crippen MR) is 75.6 cm³/mol. The Balaban J connectivity index is 1.97. The maximum Gasteiger partial charge on any atom is 0.0645 e. The minimum atomic E-state index is 0.598. The second-order valence-corrected chi connectivity index (χ2v) is 4.57. The van der Waals surface area contributed by atoms with Crippen LogP contribution in [0.3, 0.4) is 0 Å². The first kappa shape index (κ1) is 13.1. The van der Waals surface area contributed by atoms with Crippen molar-refractivity contribution in [2.45, 2.75) is 32.9 Å². The van der Waals surface area contributed by atoms with Gasteiger partial charge in [-0.2, -0.15) is 0 Å². The van der Waals surface area contributed by atoms with E-state index in [1.165, 1.54) is 22.9 Å². The fraction of sp³-hybridized carbons (Fsp3) is 0.467. The second-order valence-electron chi connectivity index (χ2n) is 4.57. The van der Waals surface area contributed by atoms with Crippen molar-refractivity contribution >= 4 is 10.9 Å². The molecule has 0 fully saturated rings. The molecular weight excluding hydrogens is 224 g/mol. The minimum absolute atomic E-state index is 0.598. The molecule has 0 aliphatic heterocycles. The van der Waals surface area contributed by atoms with Crippen molar-refractivity contribution < 1.29 is 4.74 Å². The van der Waals surface area contributed by atoms with Gasteiger partial charge in [0.1, 0.15) is 0 Å². The van der Waals surface area contributed by atoms with E-state index < -0.39 is 0 Å². The summed E-state index contributed by atoms with van der Waals surface area (Å²) in [4.78, 5) is 0. The van der Waals surface area contributed by atoms with E-state index in [4.69, 9.17) is 10.5 Å². The van der Waals surface area contributed by atoms with E-state index in [9.17, 15) is 0 Å². The maximum absolute atomic E-state index is 5.65. The lowest BCUT2D eigenvalue weighted by atomic mass is 10.1. The number of ether oxygens (including phenoxy) is 1. The predicted octanol–water partition coefficient (Wildman–Crippen LogP) is 2.92. The van der Waals surface area contributed by atoms with Crippen LogP contribution >= 0.6 is 0 Å². The molecule has 0 saturated carbocycles. The Kier molecular flexibility index (Phi) is 4.79. The first-order valence-corrected chi connectivity index (χ1v) is 6.70. The zero-order valence-electron chi connectivity index (χ0n) is 11.1. The van der Waals surface area contributed by atoms with E-state index >= 15 is 0 Å². The highest BCUT2D eigenvalue weighted by Crippen LogP contribution is 2.17. The van der Waals surface area contributed by atoms with Gasteiger partial charge in [0.2, 0.25) is 0 Å². The van der Waals surface area contributed by atoms with Crippen LogP contribution in [0.4, 0.5) is 0 Å². The van der Waals surface area contributed by atoms with Crippen LogP contribution in [-0.4, -0.2) is 17.8 Å². The summed E-state index contributed by atoms with van der Waals surface area (Å²) in [6.07, 6.45) is 4.45. The van der Waals surface area contributed by atoms with E-state index in [-0.39, 0.29) is 0 Å². The van der Waals surface area contributed by atoms with Crippen LogP contribution < -0.4 is 5.73 Å². The molecule has 0 spiro atoms. The zero-order chi connectivity index (χ0) is 12.8. The van der Waals surface area contributed by atoms with Crippen molar-refractivity contribution in [3.63, 3.8) is 0 Å². The molecule has 1 aromatic carbocycles. The first-order valence-electron chi connectivity index (χ1n) is 6.70. The summed E-state index contributed by atoms with van der Waals surface area (Å²) in [5.74, 6) is 0. The number of benzene rings is 1. The molecule has 98 valence electrons. The molecule has 0 aliphatic carbocycles. The van der Waals surface area contributed by atoms with E-state index in [2.05, 4.69) is 42.0 Å². The van der Waals surface area contributed by atoms with Gasteiger partial charge < -0.3 is 15.0 Å². The number of unbranched alkanes of at least 4 members (excludes halogenated alkanes) is 1. The minimum Gasteiger partial charge on any atom is -0.380 e.